The van der Waals surface area contributed by atoms with E-state index in [0.29, 0.717) is 136 Å². The van der Waals surface area contributed by atoms with E-state index in [-0.39, 0.29) is 99.5 Å². The van der Waals surface area contributed by atoms with Crippen LogP contribution in [0.25, 0.3) is 9.69 Å². The molecule has 0 spiro atoms. The van der Waals surface area contributed by atoms with Crippen LogP contribution in [-0.4, -0.2) is 112 Å². The van der Waals surface area contributed by atoms with Crippen LogP contribution in [0.3, 0.4) is 0 Å². The molecule has 0 aromatic carbocycles. The Hall–Kier alpha value is -6.76. The quantitative estimate of drug-likeness (QED) is 0.103. The summed E-state index contributed by atoms with van der Waals surface area (Å²) in [5.74, 6) is -17.8. The molecule has 9 fully saturated rings. The number of aliphatic hydroxyl groups excluding tert-OH is 1. The Morgan fingerprint density at radius 3 is 1.17 bits per heavy atom. The third-order valence-electron chi connectivity index (χ3n) is 37.6. The maximum Gasteiger partial charge on any atom is 0.321 e. The lowest BCUT2D eigenvalue weighted by Gasteiger charge is -2.69. The van der Waals surface area contributed by atoms with Crippen molar-refractivity contribution >= 4 is 40.9 Å². The van der Waals surface area contributed by atoms with Crippen molar-refractivity contribution in [3.8, 4) is 0 Å². The highest BCUT2D eigenvalue weighted by Gasteiger charge is 2.76. The fourth-order valence-corrected chi connectivity index (χ4v) is 30.4. The smallest absolute Gasteiger partial charge is 0.321 e. The van der Waals surface area contributed by atoms with Gasteiger partial charge in [0.25, 0.3) is 17.7 Å². The van der Waals surface area contributed by atoms with E-state index in [4.69, 9.17) is 56.3 Å². The molecule has 24 heteroatoms. The molecule has 0 radical (unpaired) electrons. The van der Waals surface area contributed by atoms with Crippen LogP contribution in [0.15, 0.2) is 68.9 Å². The Labute approximate surface area is 746 Å². The number of carbonyl (C=O) groups is 7. The number of nitrogens with zero attached hydrogens (tertiary/aromatic N) is 3. The summed E-state index contributed by atoms with van der Waals surface area (Å²) in [6.07, 6.45) is 23.1. The average molecular weight is 1760 g/mol. The van der Waals surface area contributed by atoms with Crippen LogP contribution in [-0.2, 0) is 45.6 Å². The summed E-state index contributed by atoms with van der Waals surface area (Å²) < 4.78 is 220. The van der Waals surface area contributed by atoms with Crippen LogP contribution in [0.1, 0.15) is 338 Å². The minimum atomic E-state index is -3.52. The van der Waals surface area contributed by atoms with Gasteiger partial charge in [0.15, 0.2) is 28.9 Å². The summed E-state index contributed by atoms with van der Waals surface area (Å²) >= 11 is 0. The van der Waals surface area contributed by atoms with Crippen LogP contribution in [0.4, 0.5) is 26.3 Å². The maximum atomic E-state index is 14.5. The average Bonchev–Trinajstić information content (AvgIpc) is 1.36. The number of fused-ring (bicyclic) bond motifs is 22. The first kappa shape index (κ1) is 73.6. The molecule has 15 aliphatic rings. The van der Waals surface area contributed by atoms with E-state index in [2.05, 4.69) is 121 Å². The normalized spacial score (nSPS) is 46.8. The van der Waals surface area contributed by atoms with E-state index < -0.39 is 136 Å². The fourth-order valence-electron chi connectivity index (χ4n) is 30.4. The molecule has 7 N–H and O–H groups in total. The molecule has 1 heterocycles. The third-order valence-corrected chi connectivity index (χ3v) is 37.6. The Morgan fingerprint density at radius 2 is 0.808 bits per heavy atom. The number of rotatable bonds is 6. The summed E-state index contributed by atoms with van der Waals surface area (Å²) in [5.41, 5.74) is -8.32. The standard InChI is InChI=1S/2C32H44F2N2O4.C32H42F2N2O4.14H2/c1-26(2)10-12-32(36-25(38)31(7,33)34)13-11-29(5)23(19(32)16-26)20(37)14-22-27(3)15-18-17-35-40-24(18)30(6,39)21(27)8-9-28(22,29)4;2*1-26(2)11-13-32(36-25(39)31(7,33)34)14-12-29(5)23(18(32)16-26)20(37)15-22-27(3)17-19(35-8)24(38)30(6,40)21(27)9-10-28(22,29)4;;;;;;;;;;;;;;/h14,17,19,21,23,39H,8-13,15-16H2,1-7H3,(H,36,38);15,18,21,23,38,40H,9-14,16-17H2,1-7H3,(H,36,39);15,17-18,21,23,40H,9-14,16H2,1-7H3,(H,36,39);14*1H/t19-,21+,23-,27-,28+,29+,30-,32-;2*18-,21+,23-,27-,28+,29+,30-,32-;;;;;;;;;;;;;;/m000............../s1/i;;;13*1+2T;1+2. The molecule has 24 atom stereocenters. The summed E-state index contributed by atoms with van der Waals surface area (Å²) in [5, 5.41) is 57.8. The van der Waals surface area contributed by atoms with Crippen molar-refractivity contribution < 1.29 is 125 Å². The van der Waals surface area contributed by atoms with Gasteiger partial charge in [-0.2, -0.15) is 26.3 Å². The number of nitrogens with one attached hydrogen (secondary N) is 3. The van der Waals surface area contributed by atoms with Crippen LogP contribution >= 0.6 is 0 Å². The second kappa shape index (κ2) is 27.1. The van der Waals surface area contributed by atoms with Crippen LogP contribution in [0, 0.1) is 131 Å². The number of amides is 3. The first-order valence-corrected chi connectivity index (χ1v) is 44.2. The molecule has 16 rings (SSSR count). The molecular weight excluding hydrogens is 1540 g/mol. The van der Waals surface area contributed by atoms with Gasteiger partial charge in [0.05, 0.1) is 19.3 Å². The molecule has 0 aliphatic heterocycles. The van der Waals surface area contributed by atoms with Crippen molar-refractivity contribution in [1.29, 1.82) is 0 Å². The van der Waals surface area contributed by atoms with Crippen molar-refractivity contribution in [3.05, 3.63) is 98.5 Å². The van der Waals surface area contributed by atoms with E-state index in [9.17, 15) is 80.3 Å². The number of Topliss-reactive ketones (excluding diaryl/α,β-unsaturated/α-hetero) is 1. The largest absolute Gasteiger partial charge is 0.521 e. The first-order chi connectivity index (χ1) is 67.7. The topological polar surface area (TPSA) is 271 Å². The number of ketones is 4. The Balaban J connectivity index is 0.00000195. The van der Waals surface area contributed by atoms with Crippen molar-refractivity contribution in [1.82, 2.24) is 21.1 Å². The van der Waals surface area contributed by atoms with Gasteiger partial charge in [0.2, 0.25) is 11.4 Å². The van der Waals surface area contributed by atoms with Gasteiger partial charge < -0.3 is 45.7 Å². The highest BCUT2D eigenvalue weighted by molar-refractivity contribution is 6.05. The zero-order valence-corrected chi connectivity index (χ0v) is 74.5. The second-order valence-electron chi connectivity index (χ2n) is 46.2. The van der Waals surface area contributed by atoms with Gasteiger partial charge in [-0.05, 0) is 264 Å². The van der Waals surface area contributed by atoms with Gasteiger partial charge in [-0.25, -0.2) is 9.69 Å². The van der Waals surface area contributed by atoms with Gasteiger partial charge in [0, 0.05) is 124 Å². The molecule has 1 aromatic heterocycles. The lowest BCUT2D eigenvalue weighted by atomic mass is 9.35. The monoisotopic (exact) mass is 1760 g/mol. The number of halogens is 6. The lowest BCUT2D eigenvalue weighted by molar-refractivity contribution is -0.175. The van der Waals surface area contributed by atoms with E-state index in [1.165, 1.54) is 6.92 Å². The van der Waals surface area contributed by atoms with Crippen LogP contribution in [0.5, 0.6) is 0 Å². The maximum absolute atomic E-state index is 14.5. The minimum absolute atomic E-state index is 0. The van der Waals surface area contributed by atoms with E-state index in [0.717, 1.165) is 54.4 Å². The van der Waals surface area contributed by atoms with Crippen molar-refractivity contribution in [2.75, 3.05) is 0 Å². The van der Waals surface area contributed by atoms with E-state index in [1.807, 2.05) is 26.8 Å². The molecule has 1 aromatic rings. The number of hydrogen-bond acceptors (Lipinski definition) is 13. The Kier molecular flexibility index (Phi) is 16.6. The van der Waals surface area contributed by atoms with Crippen LogP contribution in [0.2, 0.25) is 0 Å². The summed E-state index contributed by atoms with van der Waals surface area (Å²) in [6, 6.07) is 0. The molecule has 18 nitrogen and oxygen atoms in total. The Morgan fingerprint density at radius 1 is 0.475 bits per heavy atom. The van der Waals surface area contributed by atoms with Gasteiger partial charge in [0.1, 0.15) is 22.6 Å². The molecule has 0 bridgehead atoms. The van der Waals surface area contributed by atoms with Gasteiger partial charge >= 0.3 is 17.8 Å². The predicted octanol–water partition coefficient (Wildman–Crippen LogP) is 21.9. The molecule has 0 saturated heterocycles. The number of aromatic nitrogens is 1. The van der Waals surface area contributed by atoms with Gasteiger partial charge in [-0.1, -0.05) is 132 Å². The summed E-state index contributed by atoms with van der Waals surface area (Å²) in [4.78, 5) is 101. The van der Waals surface area contributed by atoms with Crippen molar-refractivity contribution in [2.24, 2.45) is 118 Å². The molecule has 3 amide bonds. The lowest BCUT2D eigenvalue weighted by Crippen LogP contribution is -2.70. The van der Waals surface area contributed by atoms with Gasteiger partial charge in [-0.15, -0.1) is 0 Å². The fraction of sp³-hybridized carbons (Fsp3) is 0.771. The molecule has 15 aliphatic carbocycles. The zero-order valence-electron chi connectivity index (χ0n) is 101. The Bertz CT molecular complexity index is 4920. The van der Waals surface area contributed by atoms with Gasteiger partial charge in [-0.3, -0.25) is 28.8 Å². The summed E-state index contributed by atoms with van der Waals surface area (Å²) in [6.45, 7) is 54.3. The number of allylic oxidation sites excluding steroid dienone is 8. The molecule has 686 valence electrons. The number of hydrogen-bond donors (Lipinski definition) is 7. The number of aliphatic hydroxyl groups is 4. The zero-order chi connectivity index (χ0) is 115. The SMILES string of the molecule is CC1(C)CC[C@]2(NC(=O)C(C)(F)F)CC[C@]3(C)[C@H](C(=O)C=C4[C@@]5(C)Cc6cnoc6[C@@](C)(O)[C@@H]5CC[C@]43C)[C@@H]2C1.[3HH].[3H][3H].[3H][3H].[3H][3H].[3H][3H].[3H][3H].[3H][3H].[3H][3H].[3H][3H].[3H][3H].[3H][3H].[3H][3H].[3H][3H].[3H][3H].[C-]#[N+]C1=C(O)[C@@](C)(O)[C@@H]2CC[C@]3(C)C(=CC(=O)[C@@H]4[C@@H]5CC(C)(C)CC[C@]5(NC(=O)C(C)(F)F)CC[C@]43C)[C@@]2(C)C1.[C-]#[N+]C1=C[C@]2(C)C3=CC(=O)[C@@H]4[C@@H]5CC(C)(C)CC[C@]5(NC(=O)C(C)(F)F)CC[C@@]4(C)[C@]3(C)CC[C@H]2[C@](C)(O)C1=O. The molecular formula is C96H158F6N6O12. The highest BCUT2D eigenvalue weighted by Crippen LogP contribution is 2.78. The number of alkyl halides is 6. The van der Waals surface area contributed by atoms with E-state index in [1.54, 1.807) is 31.3 Å². The highest BCUT2D eigenvalue weighted by atomic mass is 19.3. The summed E-state index contributed by atoms with van der Waals surface area (Å²) in [7, 11) is 0. The number of carbonyl (C=O) groups excluding carboxylic acids is 7. The van der Waals surface area contributed by atoms with Crippen molar-refractivity contribution in [2.45, 2.75) is 344 Å². The minimum Gasteiger partial charge on any atom is -0.521 e. The molecule has 0 unspecified atom stereocenters. The molecule has 120 heavy (non-hydrogen) atoms. The van der Waals surface area contributed by atoms with E-state index >= 15 is 0 Å². The predicted molar refractivity (Wildman–Crippen MR) is 468 cm³/mol. The third kappa shape index (κ3) is 12.6. The molecule has 9 saturated carbocycles. The second-order valence-corrected chi connectivity index (χ2v) is 46.2. The van der Waals surface area contributed by atoms with Crippen LogP contribution < -0.4 is 16.0 Å². The first-order valence-electron chi connectivity index (χ1n) is 57.2. The van der Waals surface area contributed by atoms with Crippen molar-refractivity contribution in [3.63, 3.8) is 0 Å².